The Morgan fingerprint density at radius 2 is 2.00 bits per heavy atom. The van der Waals surface area contributed by atoms with Crippen molar-refractivity contribution in [2.75, 3.05) is 0 Å². The first-order valence-electron chi connectivity index (χ1n) is 3.76. The Labute approximate surface area is 96.2 Å². The molecule has 0 amide bonds. The zero-order valence-electron chi connectivity index (χ0n) is 6.80. The molecule has 0 aliphatic rings. The maximum Gasteiger partial charge on any atom is 0.0899 e. The number of benzene rings is 1. The molecule has 0 aliphatic carbocycles. The molecule has 1 unspecified atom stereocenters. The highest BCUT2D eigenvalue weighted by atomic mass is 127. The zero-order chi connectivity index (χ0) is 9.68. The molecule has 1 rings (SSSR count). The summed E-state index contributed by atoms with van der Waals surface area (Å²) >= 11 is 7.66. The van der Waals surface area contributed by atoms with Crippen LogP contribution in [0.5, 0.6) is 0 Å². The van der Waals surface area contributed by atoms with Crippen LogP contribution in [0, 0.1) is 9.85 Å². The maximum atomic E-state index is 9.59. The largest absolute Gasteiger partial charge is 0.387 e. The van der Waals surface area contributed by atoms with E-state index in [1.54, 1.807) is 12.1 Å². The molecule has 0 aliphatic heterocycles. The van der Waals surface area contributed by atoms with E-state index >= 15 is 0 Å². The van der Waals surface area contributed by atoms with E-state index in [9.17, 15) is 5.11 Å². The summed E-state index contributed by atoms with van der Waals surface area (Å²) in [5.41, 5.74) is 0.851. The van der Waals surface area contributed by atoms with Gasteiger partial charge in [0.05, 0.1) is 6.10 Å². The van der Waals surface area contributed by atoms with Gasteiger partial charge in [-0.1, -0.05) is 29.7 Å². The van der Waals surface area contributed by atoms with Crippen molar-refractivity contribution >= 4 is 34.2 Å². The minimum absolute atomic E-state index is 0.463. The molecule has 0 saturated heterocycles. The minimum atomic E-state index is -0.514. The molecule has 0 spiro atoms. The van der Waals surface area contributed by atoms with Gasteiger partial charge in [-0.15, -0.1) is 0 Å². The van der Waals surface area contributed by atoms with E-state index < -0.39 is 6.10 Å². The summed E-state index contributed by atoms with van der Waals surface area (Å²) in [6.07, 6.45) is -0.0515. The normalized spacial score (nSPS) is 11.6. The van der Waals surface area contributed by atoms with E-state index in [1.807, 2.05) is 34.7 Å². The van der Waals surface area contributed by atoms with Crippen LogP contribution in [0.1, 0.15) is 18.1 Å². The van der Waals surface area contributed by atoms with Crippen molar-refractivity contribution in [1.82, 2.24) is 0 Å². The van der Waals surface area contributed by atoms with Crippen LogP contribution in [0.2, 0.25) is 5.02 Å². The summed E-state index contributed by atoms with van der Waals surface area (Å²) in [7, 11) is 0. The van der Waals surface area contributed by atoms with Crippen LogP contribution >= 0.6 is 34.2 Å². The summed E-state index contributed by atoms with van der Waals surface area (Å²) in [5, 5.41) is 10.3. The first-order chi connectivity index (χ1) is 6.24. The molecule has 0 aromatic heterocycles. The van der Waals surface area contributed by atoms with E-state index in [0.717, 1.165) is 5.56 Å². The molecule has 68 valence electrons. The topological polar surface area (TPSA) is 20.2 Å². The fraction of sp³-hybridized carbons (Fsp3) is 0.200. The van der Waals surface area contributed by atoms with Gasteiger partial charge in [-0.2, -0.15) is 0 Å². The molecule has 1 N–H and O–H groups in total. The molecule has 1 aromatic carbocycles. The fourth-order valence-corrected chi connectivity index (χ4v) is 1.28. The SMILES string of the molecule is OC(CC#CI)c1ccc(Cl)cc1. The first-order valence-corrected chi connectivity index (χ1v) is 5.21. The van der Waals surface area contributed by atoms with Crippen LogP contribution in [0.3, 0.4) is 0 Å². The minimum Gasteiger partial charge on any atom is -0.387 e. The van der Waals surface area contributed by atoms with Crippen LogP contribution in [0.4, 0.5) is 0 Å². The maximum absolute atomic E-state index is 9.59. The van der Waals surface area contributed by atoms with Gasteiger partial charge in [0, 0.05) is 34.0 Å². The molecular formula is C10H8ClIO. The van der Waals surface area contributed by atoms with Crippen molar-refractivity contribution in [1.29, 1.82) is 0 Å². The van der Waals surface area contributed by atoms with E-state index in [0.29, 0.717) is 11.4 Å². The summed E-state index contributed by atoms with van der Waals surface area (Å²) in [4.78, 5) is 0. The van der Waals surface area contributed by atoms with Gasteiger partial charge in [-0.3, -0.25) is 0 Å². The predicted molar refractivity (Wildman–Crippen MR) is 62.8 cm³/mol. The number of halogens is 2. The lowest BCUT2D eigenvalue weighted by Gasteiger charge is -2.06. The van der Waals surface area contributed by atoms with Crippen molar-refractivity contribution in [2.24, 2.45) is 0 Å². The molecule has 0 radical (unpaired) electrons. The van der Waals surface area contributed by atoms with Crippen molar-refractivity contribution in [3.8, 4) is 9.85 Å². The Balaban J connectivity index is 2.69. The molecule has 3 heteroatoms. The highest BCUT2D eigenvalue weighted by Crippen LogP contribution is 2.18. The van der Waals surface area contributed by atoms with Crippen molar-refractivity contribution < 1.29 is 5.11 Å². The zero-order valence-corrected chi connectivity index (χ0v) is 9.71. The van der Waals surface area contributed by atoms with Gasteiger partial charge in [0.15, 0.2) is 0 Å². The summed E-state index contributed by atoms with van der Waals surface area (Å²) < 4.78 is 2.71. The Hall–Kier alpha value is -0.240. The highest BCUT2D eigenvalue weighted by molar-refractivity contribution is 14.1. The number of aliphatic hydroxyl groups is 1. The third kappa shape index (κ3) is 3.55. The molecule has 0 heterocycles. The monoisotopic (exact) mass is 306 g/mol. The second-order valence-corrected chi connectivity index (χ2v) is 3.52. The number of rotatable bonds is 2. The highest BCUT2D eigenvalue weighted by Gasteiger charge is 2.04. The van der Waals surface area contributed by atoms with Crippen LogP contribution in [-0.4, -0.2) is 5.11 Å². The molecule has 0 bridgehead atoms. The average Bonchev–Trinajstić information content (AvgIpc) is 2.15. The van der Waals surface area contributed by atoms with Crippen LogP contribution in [0.15, 0.2) is 24.3 Å². The standard InChI is InChI=1S/C10H8ClIO/c11-9-5-3-8(4-6-9)10(13)2-1-7-12/h3-6,10,13H,2H2. The van der Waals surface area contributed by atoms with E-state index in [-0.39, 0.29) is 0 Å². The van der Waals surface area contributed by atoms with E-state index in [1.165, 1.54) is 0 Å². The third-order valence-electron chi connectivity index (χ3n) is 1.62. The first kappa shape index (κ1) is 10.8. The lowest BCUT2D eigenvalue weighted by atomic mass is 10.1. The van der Waals surface area contributed by atoms with Gasteiger partial charge in [-0.05, 0) is 21.6 Å². The van der Waals surface area contributed by atoms with Crippen molar-refractivity contribution in [3.63, 3.8) is 0 Å². The number of hydrogen-bond donors (Lipinski definition) is 1. The Bertz CT molecular complexity index is 323. The Morgan fingerprint density at radius 1 is 1.38 bits per heavy atom. The van der Waals surface area contributed by atoms with Crippen molar-refractivity contribution in [3.05, 3.63) is 34.9 Å². The van der Waals surface area contributed by atoms with E-state index in [2.05, 4.69) is 9.85 Å². The molecule has 0 fully saturated rings. The molecule has 13 heavy (non-hydrogen) atoms. The molecule has 0 saturated carbocycles. The van der Waals surface area contributed by atoms with Gasteiger partial charge in [0.1, 0.15) is 0 Å². The molecule has 1 nitrogen and oxygen atoms in total. The third-order valence-corrected chi connectivity index (χ3v) is 2.25. The van der Waals surface area contributed by atoms with Gasteiger partial charge in [-0.25, -0.2) is 0 Å². The average molecular weight is 307 g/mol. The Morgan fingerprint density at radius 3 is 2.54 bits per heavy atom. The predicted octanol–water partition coefficient (Wildman–Crippen LogP) is 3.16. The second kappa shape index (κ2) is 5.48. The van der Waals surface area contributed by atoms with Crippen molar-refractivity contribution in [2.45, 2.75) is 12.5 Å². The number of aliphatic hydroxyl groups excluding tert-OH is 1. The van der Waals surface area contributed by atoms with Crippen LogP contribution < -0.4 is 0 Å². The lowest BCUT2D eigenvalue weighted by Crippen LogP contribution is -1.94. The fourth-order valence-electron chi connectivity index (χ4n) is 0.938. The smallest absolute Gasteiger partial charge is 0.0899 e. The second-order valence-electron chi connectivity index (χ2n) is 2.54. The molecular weight excluding hydrogens is 298 g/mol. The summed E-state index contributed by atoms with van der Waals surface area (Å²) in [6.45, 7) is 0. The van der Waals surface area contributed by atoms with Crippen LogP contribution in [0.25, 0.3) is 0 Å². The molecule has 1 atom stereocenters. The van der Waals surface area contributed by atoms with Crippen LogP contribution in [-0.2, 0) is 0 Å². The lowest BCUT2D eigenvalue weighted by molar-refractivity contribution is 0.184. The summed E-state index contributed by atoms with van der Waals surface area (Å²) in [5.74, 6) is 2.81. The molecule has 1 aromatic rings. The van der Waals surface area contributed by atoms with Gasteiger partial charge < -0.3 is 5.11 Å². The van der Waals surface area contributed by atoms with Gasteiger partial charge >= 0.3 is 0 Å². The van der Waals surface area contributed by atoms with Gasteiger partial charge in [0.2, 0.25) is 0 Å². The Kier molecular flexibility index (Phi) is 4.57. The van der Waals surface area contributed by atoms with Gasteiger partial charge in [0.25, 0.3) is 0 Å². The summed E-state index contributed by atoms with van der Waals surface area (Å²) in [6, 6.07) is 7.14. The number of hydrogen-bond acceptors (Lipinski definition) is 1. The quantitative estimate of drug-likeness (QED) is 0.657. The van der Waals surface area contributed by atoms with E-state index in [4.69, 9.17) is 11.6 Å².